The summed E-state index contributed by atoms with van der Waals surface area (Å²) >= 11 is 0. The van der Waals surface area contributed by atoms with Gasteiger partial charge in [0.15, 0.2) is 0 Å². The average Bonchev–Trinajstić information content (AvgIpc) is 2.39. The van der Waals surface area contributed by atoms with Crippen molar-refractivity contribution in [2.75, 3.05) is 17.6 Å². The SMILES string of the molecule is COC(=O)CCCS(=O)(=O)Nc1ccc(F)c([N+](=O)[O-])c1. The van der Waals surface area contributed by atoms with Crippen LogP contribution in [0, 0.1) is 15.9 Å². The zero-order valence-electron chi connectivity index (χ0n) is 11.0. The number of hydrogen-bond donors (Lipinski definition) is 1. The number of esters is 1. The lowest BCUT2D eigenvalue weighted by Gasteiger charge is -2.07. The van der Waals surface area contributed by atoms with Crippen LogP contribution in [0.5, 0.6) is 0 Å². The highest BCUT2D eigenvalue weighted by Crippen LogP contribution is 2.22. The van der Waals surface area contributed by atoms with Gasteiger partial charge in [-0.1, -0.05) is 0 Å². The smallest absolute Gasteiger partial charge is 0.306 e. The first-order valence-corrected chi connectivity index (χ1v) is 7.41. The standard InChI is InChI=1S/C11H13FN2O6S/c1-20-11(15)3-2-6-21(18,19)13-8-4-5-9(12)10(7-8)14(16)17/h4-5,7,13H,2-3,6H2,1H3. The molecule has 0 radical (unpaired) electrons. The number of methoxy groups -OCH3 is 1. The maximum Gasteiger partial charge on any atom is 0.306 e. The van der Waals surface area contributed by atoms with Crippen LogP contribution in [0.4, 0.5) is 15.8 Å². The van der Waals surface area contributed by atoms with Gasteiger partial charge in [0.2, 0.25) is 15.8 Å². The van der Waals surface area contributed by atoms with Gasteiger partial charge in [-0.25, -0.2) is 8.42 Å². The molecule has 1 N–H and O–H groups in total. The van der Waals surface area contributed by atoms with Gasteiger partial charge in [0, 0.05) is 12.5 Å². The molecule has 0 spiro atoms. The second-order valence-corrected chi connectivity index (χ2v) is 5.87. The lowest BCUT2D eigenvalue weighted by atomic mass is 10.3. The first-order chi connectivity index (χ1) is 9.75. The van der Waals surface area contributed by atoms with Gasteiger partial charge in [0.25, 0.3) is 0 Å². The Hall–Kier alpha value is -2.23. The second kappa shape index (κ2) is 6.97. The number of carbonyl (C=O) groups excluding carboxylic acids is 1. The molecular weight excluding hydrogens is 307 g/mol. The monoisotopic (exact) mass is 320 g/mol. The van der Waals surface area contributed by atoms with Crippen LogP contribution < -0.4 is 4.72 Å². The van der Waals surface area contributed by atoms with Crippen LogP contribution in [-0.2, 0) is 19.6 Å². The number of nitrogens with zero attached hydrogens (tertiary/aromatic N) is 1. The maximum atomic E-state index is 13.1. The summed E-state index contributed by atoms with van der Waals surface area (Å²) in [5, 5.41) is 10.6. The Morgan fingerprint density at radius 2 is 2.14 bits per heavy atom. The topological polar surface area (TPSA) is 116 Å². The summed E-state index contributed by atoms with van der Waals surface area (Å²) in [6.45, 7) is 0. The molecule has 21 heavy (non-hydrogen) atoms. The molecule has 0 aromatic heterocycles. The number of sulfonamides is 1. The van der Waals surface area contributed by atoms with Gasteiger partial charge in [-0.3, -0.25) is 19.6 Å². The molecule has 0 aliphatic heterocycles. The molecule has 1 aromatic carbocycles. The molecule has 0 bridgehead atoms. The summed E-state index contributed by atoms with van der Waals surface area (Å²) in [6.07, 6.45) is -0.0354. The van der Waals surface area contributed by atoms with Crippen LogP contribution >= 0.6 is 0 Å². The summed E-state index contributed by atoms with van der Waals surface area (Å²) in [6, 6.07) is 2.65. The Kier molecular flexibility index (Phi) is 5.59. The van der Waals surface area contributed by atoms with Crippen LogP contribution in [0.25, 0.3) is 0 Å². The van der Waals surface area contributed by atoms with E-state index in [1.165, 1.54) is 7.11 Å². The Morgan fingerprint density at radius 3 is 2.71 bits per heavy atom. The molecule has 0 aliphatic rings. The van der Waals surface area contributed by atoms with E-state index in [1.807, 2.05) is 0 Å². The van der Waals surface area contributed by atoms with E-state index in [2.05, 4.69) is 9.46 Å². The minimum atomic E-state index is -3.80. The molecule has 0 amide bonds. The van der Waals surface area contributed by atoms with Gasteiger partial charge in [-0.05, 0) is 18.6 Å². The third-order valence-corrected chi connectivity index (χ3v) is 3.81. The summed E-state index contributed by atoms with van der Waals surface area (Å²) < 4.78 is 43.0. The fraction of sp³-hybridized carbons (Fsp3) is 0.364. The highest BCUT2D eigenvalue weighted by atomic mass is 32.2. The molecule has 0 saturated carbocycles. The quantitative estimate of drug-likeness (QED) is 0.461. The minimum absolute atomic E-state index is 0.0330. The van der Waals surface area contributed by atoms with Crippen molar-refractivity contribution in [1.82, 2.24) is 0 Å². The molecule has 10 heteroatoms. The van der Waals surface area contributed by atoms with Crippen molar-refractivity contribution >= 4 is 27.4 Å². The normalized spacial score (nSPS) is 11.0. The number of benzene rings is 1. The molecule has 116 valence electrons. The third-order valence-electron chi connectivity index (χ3n) is 2.44. The molecular formula is C11H13FN2O6S. The van der Waals surface area contributed by atoms with E-state index >= 15 is 0 Å². The van der Waals surface area contributed by atoms with E-state index < -0.39 is 32.4 Å². The molecule has 8 nitrogen and oxygen atoms in total. The van der Waals surface area contributed by atoms with Crippen molar-refractivity contribution in [3.63, 3.8) is 0 Å². The number of anilines is 1. The van der Waals surface area contributed by atoms with Crippen molar-refractivity contribution in [1.29, 1.82) is 0 Å². The molecule has 0 atom stereocenters. The van der Waals surface area contributed by atoms with Crippen molar-refractivity contribution in [3.05, 3.63) is 34.1 Å². The van der Waals surface area contributed by atoms with Gasteiger partial charge in [-0.15, -0.1) is 0 Å². The summed E-state index contributed by atoms with van der Waals surface area (Å²) in [4.78, 5) is 20.5. The zero-order valence-corrected chi connectivity index (χ0v) is 11.9. The van der Waals surface area contributed by atoms with Gasteiger partial charge in [0.1, 0.15) is 0 Å². The number of halogens is 1. The fourth-order valence-corrected chi connectivity index (χ4v) is 2.57. The first kappa shape index (κ1) is 16.8. The Balaban J connectivity index is 2.73. The van der Waals surface area contributed by atoms with Gasteiger partial charge < -0.3 is 4.74 Å². The highest BCUT2D eigenvalue weighted by Gasteiger charge is 2.17. The average molecular weight is 320 g/mol. The molecule has 0 fully saturated rings. The van der Waals surface area contributed by atoms with Crippen LogP contribution in [0.3, 0.4) is 0 Å². The van der Waals surface area contributed by atoms with Crippen molar-refractivity contribution in [2.45, 2.75) is 12.8 Å². The van der Waals surface area contributed by atoms with Gasteiger partial charge >= 0.3 is 11.7 Å². The number of ether oxygens (including phenoxy) is 1. The number of nitrogens with one attached hydrogen (secondary N) is 1. The Bertz CT molecular complexity index is 646. The number of rotatable bonds is 7. The maximum absolute atomic E-state index is 13.1. The van der Waals surface area contributed by atoms with Crippen molar-refractivity contribution in [3.8, 4) is 0 Å². The second-order valence-electron chi connectivity index (χ2n) is 4.02. The molecule has 0 unspecified atom stereocenters. The molecule has 1 aromatic rings. The van der Waals surface area contributed by atoms with Crippen LogP contribution in [-0.4, -0.2) is 32.2 Å². The van der Waals surface area contributed by atoms with Crippen molar-refractivity contribution < 1.29 is 27.3 Å². The Morgan fingerprint density at radius 1 is 1.48 bits per heavy atom. The van der Waals surface area contributed by atoms with Gasteiger partial charge in [0.05, 0.1) is 23.5 Å². The summed E-state index contributed by atoms with van der Waals surface area (Å²) in [5.74, 6) is -1.97. The lowest BCUT2D eigenvalue weighted by Crippen LogP contribution is -2.17. The summed E-state index contributed by atoms with van der Waals surface area (Å²) in [7, 11) is -2.61. The van der Waals surface area contributed by atoms with E-state index in [-0.39, 0.29) is 24.3 Å². The zero-order chi connectivity index (χ0) is 16.0. The fourth-order valence-electron chi connectivity index (χ4n) is 1.46. The predicted octanol–water partition coefficient (Wildman–Crippen LogP) is 1.43. The first-order valence-electron chi connectivity index (χ1n) is 5.76. The number of nitro groups is 1. The molecule has 0 aliphatic carbocycles. The minimum Gasteiger partial charge on any atom is -0.469 e. The van der Waals surface area contributed by atoms with E-state index in [1.54, 1.807) is 0 Å². The molecule has 1 rings (SSSR count). The number of carbonyl (C=O) groups is 1. The van der Waals surface area contributed by atoms with Gasteiger partial charge in [-0.2, -0.15) is 4.39 Å². The lowest BCUT2D eigenvalue weighted by molar-refractivity contribution is -0.387. The highest BCUT2D eigenvalue weighted by molar-refractivity contribution is 7.92. The van der Waals surface area contributed by atoms with Crippen molar-refractivity contribution in [2.24, 2.45) is 0 Å². The summed E-state index contributed by atoms with van der Waals surface area (Å²) in [5.41, 5.74) is -0.953. The Labute approximate surface area is 120 Å². The van der Waals surface area contributed by atoms with E-state index in [0.29, 0.717) is 0 Å². The largest absolute Gasteiger partial charge is 0.469 e. The predicted molar refractivity (Wildman–Crippen MR) is 71.7 cm³/mol. The number of nitro benzene ring substituents is 1. The molecule has 0 saturated heterocycles. The molecule has 0 heterocycles. The number of hydrogen-bond acceptors (Lipinski definition) is 6. The van der Waals surface area contributed by atoms with Crippen LogP contribution in [0.2, 0.25) is 0 Å². The van der Waals surface area contributed by atoms with E-state index in [4.69, 9.17) is 0 Å². The van der Waals surface area contributed by atoms with E-state index in [0.717, 1.165) is 18.2 Å². The van der Waals surface area contributed by atoms with Crippen LogP contribution in [0.1, 0.15) is 12.8 Å². The third kappa shape index (κ3) is 5.34. The van der Waals surface area contributed by atoms with Crippen LogP contribution in [0.15, 0.2) is 18.2 Å². The van der Waals surface area contributed by atoms with E-state index in [9.17, 15) is 27.7 Å².